The minimum absolute atomic E-state index is 0.0432. The fourth-order valence-corrected chi connectivity index (χ4v) is 3.24. The average molecular weight is 413 g/mol. The highest BCUT2D eigenvalue weighted by atomic mass is 35.5. The third-order valence-electron chi connectivity index (χ3n) is 4.69. The molecule has 0 aliphatic carbocycles. The summed E-state index contributed by atoms with van der Waals surface area (Å²) >= 11 is 5.87. The van der Waals surface area contributed by atoms with Crippen molar-refractivity contribution in [3.63, 3.8) is 0 Å². The van der Waals surface area contributed by atoms with Crippen LogP contribution in [0.4, 0.5) is 5.69 Å². The number of carbonyl (C=O) groups excluding carboxylic acids is 1. The molecule has 0 radical (unpaired) electrons. The average Bonchev–Trinajstić information content (AvgIpc) is 2.97. The van der Waals surface area contributed by atoms with Crippen molar-refractivity contribution in [3.05, 3.63) is 91.7 Å². The molecule has 3 aromatic rings. The van der Waals surface area contributed by atoms with Crippen molar-refractivity contribution in [2.45, 2.75) is 26.8 Å². The molecule has 2 aromatic carbocycles. The first-order valence-corrected chi connectivity index (χ1v) is 9.53. The van der Waals surface area contributed by atoms with E-state index in [0.29, 0.717) is 35.1 Å². The molecule has 150 valence electrons. The quantitative estimate of drug-likeness (QED) is 0.467. The number of benzene rings is 2. The van der Waals surface area contributed by atoms with Crippen LogP contribution in [0.3, 0.4) is 0 Å². The fraction of sp³-hybridized carbons (Fsp3) is 0.238. The van der Waals surface area contributed by atoms with Gasteiger partial charge in [-0.1, -0.05) is 35.9 Å². The summed E-state index contributed by atoms with van der Waals surface area (Å²) in [6.07, 6.45) is 0.720. The Hall–Kier alpha value is -3.19. The fourth-order valence-electron chi connectivity index (χ4n) is 3.11. The van der Waals surface area contributed by atoms with Gasteiger partial charge in [0.05, 0.1) is 11.5 Å². The number of aromatic nitrogens is 2. The summed E-state index contributed by atoms with van der Waals surface area (Å²) in [6, 6.07) is 14.7. The number of amides is 1. The topological polar surface area (TPSA) is 90.1 Å². The van der Waals surface area contributed by atoms with Gasteiger partial charge in [-0.25, -0.2) is 0 Å². The lowest BCUT2D eigenvalue weighted by molar-refractivity contribution is -0.386. The van der Waals surface area contributed by atoms with E-state index in [-0.39, 0.29) is 11.6 Å². The summed E-state index contributed by atoms with van der Waals surface area (Å²) in [5.41, 5.74) is 3.51. The SMILES string of the molecule is Cc1nn(Cc2ccc(C(=O)NCCc3ccc(Cl)cc3)cc2)c(C)c1[N+](=O)[O-]. The minimum Gasteiger partial charge on any atom is -0.352 e. The Morgan fingerprint density at radius 3 is 2.31 bits per heavy atom. The van der Waals surface area contributed by atoms with Crippen molar-refractivity contribution in [1.82, 2.24) is 15.1 Å². The summed E-state index contributed by atoms with van der Waals surface area (Å²) in [5, 5.41) is 19.0. The monoisotopic (exact) mass is 412 g/mol. The first kappa shape index (κ1) is 20.5. The number of carbonyl (C=O) groups is 1. The molecule has 3 rings (SSSR count). The van der Waals surface area contributed by atoms with Crippen molar-refractivity contribution in [2.24, 2.45) is 0 Å². The van der Waals surface area contributed by atoms with Gasteiger partial charge in [-0.2, -0.15) is 5.10 Å². The van der Waals surface area contributed by atoms with E-state index in [4.69, 9.17) is 11.6 Å². The second kappa shape index (κ2) is 8.87. The van der Waals surface area contributed by atoms with E-state index in [1.165, 1.54) is 0 Å². The molecule has 0 spiro atoms. The van der Waals surface area contributed by atoms with E-state index in [9.17, 15) is 14.9 Å². The highest BCUT2D eigenvalue weighted by Crippen LogP contribution is 2.22. The molecule has 0 saturated carbocycles. The Balaban J connectivity index is 1.58. The van der Waals surface area contributed by atoms with Gasteiger partial charge in [0.2, 0.25) is 0 Å². The van der Waals surface area contributed by atoms with Crippen molar-refractivity contribution in [1.29, 1.82) is 0 Å². The Bertz CT molecular complexity index is 1030. The highest BCUT2D eigenvalue weighted by molar-refractivity contribution is 6.30. The zero-order valence-electron chi connectivity index (χ0n) is 16.2. The van der Waals surface area contributed by atoms with Gasteiger partial charge in [0.25, 0.3) is 5.91 Å². The van der Waals surface area contributed by atoms with Gasteiger partial charge in [-0.15, -0.1) is 0 Å². The van der Waals surface area contributed by atoms with Crippen LogP contribution in [0.2, 0.25) is 5.02 Å². The normalized spacial score (nSPS) is 10.7. The Morgan fingerprint density at radius 2 is 1.72 bits per heavy atom. The molecular formula is C21H21ClN4O3. The number of nitrogens with one attached hydrogen (secondary N) is 1. The molecule has 0 bridgehead atoms. The van der Waals surface area contributed by atoms with Gasteiger partial charge in [0.15, 0.2) is 0 Å². The Labute approximate surface area is 173 Å². The van der Waals surface area contributed by atoms with Crippen LogP contribution < -0.4 is 5.32 Å². The molecule has 1 amide bonds. The summed E-state index contributed by atoms with van der Waals surface area (Å²) in [6.45, 7) is 4.23. The predicted octanol–water partition coefficient (Wildman–Crippen LogP) is 4.08. The van der Waals surface area contributed by atoms with Gasteiger partial charge in [-0.05, 0) is 55.7 Å². The van der Waals surface area contributed by atoms with Crippen LogP contribution in [0.15, 0.2) is 48.5 Å². The molecule has 0 fully saturated rings. The summed E-state index contributed by atoms with van der Waals surface area (Å²) in [5.74, 6) is -0.146. The van der Waals surface area contributed by atoms with Crippen LogP contribution in [0, 0.1) is 24.0 Å². The molecule has 29 heavy (non-hydrogen) atoms. The van der Waals surface area contributed by atoms with Crippen LogP contribution >= 0.6 is 11.6 Å². The minimum atomic E-state index is -0.411. The summed E-state index contributed by atoms with van der Waals surface area (Å²) < 4.78 is 1.61. The molecule has 0 saturated heterocycles. The van der Waals surface area contributed by atoms with Gasteiger partial charge < -0.3 is 5.32 Å². The van der Waals surface area contributed by atoms with Crippen molar-refractivity contribution >= 4 is 23.2 Å². The number of nitrogens with zero attached hydrogens (tertiary/aromatic N) is 3. The third-order valence-corrected chi connectivity index (χ3v) is 4.94. The molecule has 0 aliphatic heterocycles. The van der Waals surface area contributed by atoms with Gasteiger partial charge in [-0.3, -0.25) is 19.6 Å². The Morgan fingerprint density at radius 1 is 1.10 bits per heavy atom. The maximum absolute atomic E-state index is 12.3. The van der Waals surface area contributed by atoms with E-state index in [1.807, 2.05) is 36.4 Å². The molecule has 0 unspecified atom stereocenters. The van der Waals surface area contributed by atoms with Gasteiger partial charge in [0.1, 0.15) is 11.4 Å². The molecular weight excluding hydrogens is 392 g/mol. The van der Waals surface area contributed by atoms with Gasteiger partial charge in [0, 0.05) is 17.1 Å². The standard InChI is InChI=1S/C21H21ClN4O3/c1-14-20(26(28)29)15(2)25(24-14)13-17-3-7-18(8-4-17)21(27)23-12-11-16-5-9-19(22)10-6-16/h3-10H,11-13H2,1-2H3,(H,23,27). The van der Waals surface area contributed by atoms with Crippen molar-refractivity contribution in [3.8, 4) is 0 Å². The number of halogens is 1. The highest BCUT2D eigenvalue weighted by Gasteiger charge is 2.21. The van der Waals surface area contributed by atoms with E-state index < -0.39 is 4.92 Å². The van der Waals surface area contributed by atoms with Crippen molar-refractivity contribution in [2.75, 3.05) is 6.54 Å². The van der Waals surface area contributed by atoms with E-state index in [0.717, 1.165) is 17.5 Å². The molecule has 8 heteroatoms. The van der Waals surface area contributed by atoms with E-state index >= 15 is 0 Å². The zero-order valence-corrected chi connectivity index (χ0v) is 16.9. The molecule has 1 N–H and O–H groups in total. The molecule has 1 aromatic heterocycles. The second-order valence-corrected chi connectivity index (χ2v) is 7.20. The van der Waals surface area contributed by atoms with Crippen LogP contribution in [-0.4, -0.2) is 27.2 Å². The largest absolute Gasteiger partial charge is 0.352 e. The van der Waals surface area contributed by atoms with Crippen molar-refractivity contribution < 1.29 is 9.72 Å². The summed E-state index contributed by atoms with van der Waals surface area (Å²) in [4.78, 5) is 23.0. The maximum atomic E-state index is 12.3. The van der Waals surface area contributed by atoms with Crippen LogP contribution in [0.1, 0.15) is 32.9 Å². The third kappa shape index (κ3) is 5.00. The van der Waals surface area contributed by atoms with Gasteiger partial charge >= 0.3 is 5.69 Å². The summed E-state index contributed by atoms with van der Waals surface area (Å²) in [7, 11) is 0. The number of rotatable bonds is 7. The van der Waals surface area contributed by atoms with Crippen LogP contribution in [0.5, 0.6) is 0 Å². The number of hydrogen-bond acceptors (Lipinski definition) is 4. The van der Waals surface area contributed by atoms with Crippen LogP contribution in [0.25, 0.3) is 0 Å². The smallest absolute Gasteiger partial charge is 0.312 e. The first-order chi connectivity index (χ1) is 13.8. The molecule has 1 heterocycles. The second-order valence-electron chi connectivity index (χ2n) is 6.76. The maximum Gasteiger partial charge on any atom is 0.312 e. The molecule has 0 aliphatic rings. The first-order valence-electron chi connectivity index (χ1n) is 9.15. The number of hydrogen-bond donors (Lipinski definition) is 1. The lowest BCUT2D eigenvalue weighted by atomic mass is 10.1. The molecule has 7 nitrogen and oxygen atoms in total. The zero-order chi connectivity index (χ0) is 21.0. The van der Waals surface area contributed by atoms with E-state index in [2.05, 4.69) is 10.4 Å². The van der Waals surface area contributed by atoms with Crippen LogP contribution in [-0.2, 0) is 13.0 Å². The number of nitro groups is 1. The van der Waals surface area contributed by atoms with E-state index in [1.54, 1.807) is 30.7 Å². The predicted molar refractivity (Wildman–Crippen MR) is 111 cm³/mol. The molecule has 0 atom stereocenters. The Kier molecular flexibility index (Phi) is 6.29. The number of aryl methyl sites for hydroxylation is 1. The lowest BCUT2D eigenvalue weighted by Gasteiger charge is -2.08. The lowest BCUT2D eigenvalue weighted by Crippen LogP contribution is -2.25.